The van der Waals surface area contributed by atoms with E-state index in [9.17, 15) is 14.4 Å². The third-order valence-corrected chi connectivity index (χ3v) is 4.52. The number of methoxy groups -OCH3 is 1. The van der Waals surface area contributed by atoms with Crippen LogP contribution in [0.4, 0.5) is 0 Å². The van der Waals surface area contributed by atoms with Crippen molar-refractivity contribution in [3.05, 3.63) is 62.8 Å². The number of ether oxygens (including phenoxy) is 3. The molecule has 0 saturated heterocycles. The zero-order chi connectivity index (χ0) is 21.1. The van der Waals surface area contributed by atoms with Gasteiger partial charge in [0.15, 0.2) is 0 Å². The fourth-order valence-electron chi connectivity index (χ4n) is 3.14. The first-order valence-corrected chi connectivity index (χ1v) is 8.99. The molecule has 1 aromatic carbocycles. The molecule has 1 N–H and O–H groups in total. The Kier molecular flexibility index (Phi) is 5.72. The van der Waals surface area contributed by atoms with Crippen molar-refractivity contribution in [2.75, 3.05) is 13.7 Å². The number of rotatable bonds is 6. The molecule has 0 aliphatic heterocycles. The number of carbonyl (C=O) groups is 2. The highest BCUT2D eigenvalue weighted by Gasteiger charge is 2.24. The van der Waals surface area contributed by atoms with Crippen LogP contribution in [0.3, 0.4) is 0 Å². The molecule has 0 bridgehead atoms. The second-order valence-electron chi connectivity index (χ2n) is 6.37. The van der Waals surface area contributed by atoms with Gasteiger partial charge in [-0.25, -0.2) is 14.4 Å². The normalized spacial score (nSPS) is 10.8. The lowest BCUT2D eigenvalue weighted by molar-refractivity contribution is 0.0466. The van der Waals surface area contributed by atoms with Crippen LogP contribution in [-0.2, 0) is 16.1 Å². The second-order valence-corrected chi connectivity index (χ2v) is 6.37. The van der Waals surface area contributed by atoms with Gasteiger partial charge >= 0.3 is 17.6 Å². The van der Waals surface area contributed by atoms with Gasteiger partial charge in [-0.15, -0.1) is 0 Å². The number of hydrogen-bond donors (Lipinski definition) is 1. The summed E-state index contributed by atoms with van der Waals surface area (Å²) in [6.45, 7) is 5.13. The molecule has 3 rings (SSSR count). The average Bonchev–Trinajstić information content (AvgIpc) is 2.99. The van der Waals surface area contributed by atoms with Crippen molar-refractivity contribution < 1.29 is 28.2 Å². The van der Waals surface area contributed by atoms with Crippen LogP contribution < -0.4 is 10.4 Å². The molecule has 152 valence electrons. The fourth-order valence-corrected chi connectivity index (χ4v) is 3.14. The Morgan fingerprint density at radius 3 is 2.55 bits per heavy atom. The Morgan fingerprint density at radius 2 is 1.86 bits per heavy atom. The van der Waals surface area contributed by atoms with Crippen LogP contribution in [0.15, 0.2) is 33.5 Å². The Balaban J connectivity index is 1.86. The van der Waals surface area contributed by atoms with Gasteiger partial charge < -0.3 is 23.6 Å². The van der Waals surface area contributed by atoms with Gasteiger partial charge in [0, 0.05) is 28.8 Å². The summed E-state index contributed by atoms with van der Waals surface area (Å²) in [6, 6.07) is 6.31. The summed E-state index contributed by atoms with van der Waals surface area (Å²) >= 11 is 0. The molecular weight excluding hydrogens is 378 g/mol. The summed E-state index contributed by atoms with van der Waals surface area (Å²) in [6.07, 6.45) is 0. The van der Waals surface area contributed by atoms with E-state index in [-0.39, 0.29) is 18.9 Å². The van der Waals surface area contributed by atoms with E-state index in [4.69, 9.17) is 18.6 Å². The largest absolute Gasteiger partial charge is 0.497 e. The maximum absolute atomic E-state index is 12.6. The standard InChI is InChI=1S/C21H21NO7/c1-5-27-20(24)18-11(2)19(22-12(18)3)21(25)28-10-13-8-17(23)29-16-9-14(26-4)6-7-15(13)16/h6-9,22H,5,10H2,1-4H3. The number of esters is 2. The molecule has 8 nitrogen and oxygen atoms in total. The van der Waals surface area contributed by atoms with Gasteiger partial charge in [-0.3, -0.25) is 0 Å². The molecule has 0 spiro atoms. The minimum atomic E-state index is -0.643. The molecule has 2 heterocycles. The Bertz CT molecular complexity index is 1140. The summed E-state index contributed by atoms with van der Waals surface area (Å²) in [7, 11) is 1.51. The van der Waals surface area contributed by atoms with Crippen molar-refractivity contribution in [1.29, 1.82) is 0 Å². The number of H-pyrrole nitrogens is 1. The summed E-state index contributed by atoms with van der Waals surface area (Å²) in [5.41, 5.74) is 1.72. The van der Waals surface area contributed by atoms with Gasteiger partial charge in [-0.2, -0.15) is 0 Å². The van der Waals surface area contributed by atoms with Crippen molar-refractivity contribution in [2.45, 2.75) is 27.4 Å². The lowest BCUT2D eigenvalue weighted by Gasteiger charge is -2.08. The second kappa shape index (κ2) is 8.22. The average molecular weight is 399 g/mol. The van der Waals surface area contributed by atoms with E-state index in [1.807, 2.05) is 0 Å². The molecule has 0 aliphatic carbocycles. The van der Waals surface area contributed by atoms with Crippen LogP contribution in [0.1, 0.15) is 44.6 Å². The van der Waals surface area contributed by atoms with Crippen LogP contribution in [0.5, 0.6) is 5.75 Å². The van der Waals surface area contributed by atoms with Crippen LogP contribution in [0.25, 0.3) is 11.0 Å². The maximum atomic E-state index is 12.6. The van der Waals surface area contributed by atoms with Crippen LogP contribution in [-0.4, -0.2) is 30.6 Å². The monoisotopic (exact) mass is 399 g/mol. The van der Waals surface area contributed by atoms with E-state index in [0.29, 0.717) is 39.1 Å². The molecule has 0 fully saturated rings. The molecular formula is C21H21NO7. The highest BCUT2D eigenvalue weighted by atomic mass is 16.5. The van der Waals surface area contributed by atoms with Crippen molar-refractivity contribution in [3.8, 4) is 5.75 Å². The van der Waals surface area contributed by atoms with E-state index in [1.54, 1.807) is 39.0 Å². The van der Waals surface area contributed by atoms with Gasteiger partial charge in [0.05, 0.1) is 19.3 Å². The number of carbonyl (C=O) groups excluding carboxylic acids is 2. The Labute approximate surface area is 166 Å². The summed E-state index contributed by atoms with van der Waals surface area (Å²) in [5, 5.41) is 0.629. The summed E-state index contributed by atoms with van der Waals surface area (Å²) < 4.78 is 20.7. The topological polar surface area (TPSA) is 108 Å². The van der Waals surface area contributed by atoms with Crippen molar-refractivity contribution in [1.82, 2.24) is 4.98 Å². The smallest absolute Gasteiger partial charge is 0.355 e. The molecule has 0 amide bonds. The zero-order valence-electron chi connectivity index (χ0n) is 16.6. The molecule has 0 radical (unpaired) electrons. The van der Waals surface area contributed by atoms with Crippen LogP contribution in [0, 0.1) is 13.8 Å². The number of aryl methyl sites for hydroxylation is 1. The first-order valence-electron chi connectivity index (χ1n) is 8.99. The van der Waals surface area contributed by atoms with Gasteiger partial charge in [0.2, 0.25) is 0 Å². The Hall–Kier alpha value is -3.55. The van der Waals surface area contributed by atoms with Gasteiger partial charge in [-0.05, 0) is 38.5 Å². The van der Waals surface area contributed by atoms with E-state index in [1.165, 1.54) is 13.2 Å². The van der Waals surface area contributed by atoms with Gasteiger partial charge in [0.1, 0.15) is 23.6 Å². The fraction of sp³-hybridized carbons (Fsp3) is 0.286. The lowest BCUT2D eigenvalue weighted by atomic mass is 10.1. The predicted molar refractivity (Wildman–Crippen MR) is 104 cm³/mol. The number of nitrogens with one attached hydrogen (secondary N) is 1. The maximum Gasteiger partial charge on any atom is 0.355 e. The molecule has 8 heteroatoms. The van der Waals surface area contributed by atoms with E-state index >= 15 is 0 Å². The van der Waals surface area contributed by atoms with Crippen molar-refractivity contribution >= 4 is 22.9 Å². The lowest BCUT2D eigenvalue weighted by Crippen LogP contribution is -2.10. The van der Waals surface area contributed by atoms with E-state index < -0.39 is 17.6 Å². The summed E-state index contributed by atoms with van der Waals surface area (Å²) in [5.74, 6) is -0.603. The molecule has 0 aliphatic rings. The van der Waals surface area contributed by atoms with Crippen LogP contribution in [0.2, 0.25) is 0 Å². The van der Waals surface area contributed by atoms with Crippen molar-refractivity contribution in [2.24, 2.45) is 0 Å². The molecule has 2 aromatic heterocycles. The third kappa shape index (κ3) is 4.01. The predicted octanol–water partition coefficient (Wildman–Crippen LogP) is 3.28. The number of hydrogen-bond acceptors (Lipinski definition) is 7. The van der Waals surface area contributed by atoms with E-state index in [2.05, 4.69) is 4.98 Å². The molecule has 3 aromatic rings. The van der Waals surface area contributed by atoms with Crippen LogP contribution >= 0.6 is 0 Å². The SMILES string of the molecule is CCOC(=O)c1c(C)[nH]c(C(=O)OCc2cc(=O)oc3cc(OC)ccc23)c1C. The quantitative estimate of drug-likeness (QED) is 0.500. The van der Waals surface area contributed by atoms with E-state index in [0.717, 1.165) is 0 Å². The molecule has 0 unspecified atom stereocenters. The Morgan fingerprint density at radius 1 is 1.10 bits per heavy atom. The van der Waals surface area contributed by atoms with Gasteiger partial charge in [0.25, 0.3) is 0 Å². The number of aromatic nitrogens is 1. The number of aromatic amines is 1. The third-order valence-electron chi connectivity index (χ3n) is 4.52. The minimum absolute atomic E-state index is 0.139. The first kappa shape index (κ1) is 20.2. The van der Waals surface area contributed by atoms with Crippen molar-refractivity contribution in [3.63, 3.8) is 0 Å². The first-order chi connectivity index (χ1) is 13.8. The molecule has 0 atom stereocenters. The zero-order valence-corrected chi connectivity index (χ0v) is 16.6. The number of fused-ring (bicyclic) bond motifs is 1. The number of benzene rings is 1. The summed E-state index contributed by atoms with van der Waals surface area (Å²) in [4.78, 5) is 39.4. The highest BCUT2D eigenvalue weighted by Crippen LogP contribution is 2.24. The molecule has 29 heavy (non-hydrogen) atoms. The minimum Gasteiger partial charge on any atom is -0.497 e. The highest BCUT2D eigenvalue weighted by molar-refractivity contribution is 5.98. The van der Waals surface area contributed by atoms with Gasteiger partial charge in [-0.1, -0.05) is 0 Å². The molecule has 0 saturated carbocycles.